The number of halogens is 1. The predicted molar refractivity (Wildman–Crippen MR) is 85.2 cm³/mol. The number of carbonyl (C=O) groups excluding carboxylic acids is 1. The van der Waals surface area contributed by atoms with Gasteiger partial charge >= 0.3 is 5.97 Å². The molecule has 0 aromatic heterocycles. The van der Waals surface area contributed by atoms with Gasteiger partial charge in [-0.05, 0) is 36.2 Å². The van der Waals surface area contributed by atoms with Crippen molar-refractivity contribution in [2.75, 3.05) is 7.11 Å². The Hall–Kier alpha value is -2.89. The largest absolute Gasteiger partial charge is 0.464 e. The van der Waals surface area contributed by atoms with E-state index in [-0.39, 0.29) is 28.6 Å². The highest BCUT2D eigenvalue weighted by molar-refractivity contribution is 6.44. The van der Waals surface area contributed by atoms with Gasteiger partial charge in [-0.1, -0.05) is 19.2 Å². The Kier molecular flexibility index (Phi) is 5.63. The first-order valence-corrected chi connectivity index (χ1v) is 6.32. The van der Waals surface area contributed by atoms with Crippen LogP contribution in [-0.4, -0.2) is 18.8 Å². The van der Waals surface area contributed by atoms with Crippen LogP contribution in [0, 0.1) is 12.7 Å². The van der Waals surface area contributed by atoms with Crippen LogP contribution in [0.3, 0.4) is 0 Å². The lowest BCUT2D eigenvalue weighted by Gasteiger charge is -2.09. The van der Waals surface area contributed by atoms with Gasteiger partial charge in [-0.15, -0.1) is 0 Å². The highest BCUT2D eigenvalue weighted by atomic mass is 19.1. The average molecular weight is 303 g/mol. The molecular weight excluding hydrogens is 285 g/mol. The molecule has 0 radical (unpaired) electrons. The Morgan fingerprint density at radius 2 is 2.05 bits per heavy atom. The summed E-state index contributed by atoms with van der Waals surface area (Å²) in [5.41, 5.74) is 12.3. The summed E-state index contributed by atoms with van der Waals surface area (Å²) in [4.78, 5) is 16.0. The fraction of sp³-hybridized carbons (Fsp3) is 0.125. The lowest BCUT2D eigenvalue weighted by Crippen LogP contribution is -2.23. The molecule has 1 aromatic rings. The van der Waals surface area contributed by atoms with Crippen molar-refractivity contribution in [1.29, 1.82) is 0 Å². The van der Waals surface area contributed by atoms with Gasteiger partial charge in [0.15, 0.2) is 5.71 Å². The van der Waals surface area contributed by atoms with Gasteiger partial charge in [-0.3, -0.25) is 0 Å². The number of nitrogens with zero attached hydrogens (tertiary/aromatic N) is 1. The van der Waals surface area contributed by atoms with Crippen molar-refractivity contribution in [3.8, 4) is 0 Å². The summed E-state index contributed by atoms with van der Waals surface area (Å²) in [6.45, 7) is 8.93. The number of aliphatic imine (C=N–C) groups is 1. The van der Waals surface area contributed by atoms with Crippen LogP contribution in [0.1, 0.15) is 11.1 Å². The first-order valence-electron chi connectivity index (χ1n) is 6.32. The van der Waals surface area contributed by atoms with Crippen molar-refractivity contribution in [3.63, 3.8) is 0 Å². The SMILES string of the molecule is C=CC(=C(N)N)/C(=N\C(=C)c1ccc(F)c(C)c1)C(=O)OC. The van der Waals surface area contributed by atoms with Gasteiger partial charge in [0.25, 0.3) is 0 Å². The molecule has 5 nitrogen and oxygen atoms in total. The van der Waals surface area contributed by atoms with E-state index >= 15 is 0 Å². The van der Waals surface area contributed by atoms with Crippen molar-refractivity contribution in [2.45, 2.75) is 6.92 Å². The quantitative estimate of drug-likeness (QED) is 0.495. The summed E-state index contributed by atoms with van der Waals surface area (Å²) < 4.78 is 18.0. The molecule has 0 saturated carbocycles. The zero-order valence-corrected chi connectivity index (χ0v) is 12.5. The highest BCUT2D eigenvalue weighted by Gasteiger charge is 2.18. The number of benzene rings is 1. The fourth-order valence-electron chi connectivity index (χ4n) is 1.69. The van der Waals surface area contributed by atoms with E-state index in [1.165, 1.54) is 25.3 Å². The van der Waals surface area contributed by atoms with E-state index < -0.39 is 5.97 Å². The van der Waals surface area contributed by atoms with Crippen LogP contribution in [-0.2, 0) is 9.53 Å². The second-order valence-electron chi connectivity index (χ2n) is 4.44. The van der Waals surface area contributed by atoms with Crippen molar-refractivity contribution < 1.29 is 13.9 Å². The van der Waals surface area contributed by atoms with Crippen molar-refractivity contribution in [3.05, 3.63) is 65.8 Å². The smallest absolute Gasteiger partial charge is 0.357 e. The third-order valence-electron chi connectivity index (χ3n) is 2.89. The molecule has 0 saturated heterocycles. The minimum Gasteiger partial charge on any atom is -0.464 e. The normalized spacial score (nSPS) is 10.8. The molecule has 0 aliphatic heterocycles. The number of nitrogens with two attached hydrogens (primary N) is 2. The number of aryl methyl sites for hydroxylation is 1. The van der Waals surface area contributed by atoms with Crippen LogP contribution in [0.15, 0.2) is 53.8 Å². The molecule has 0 spiro atoms. The number of rotatable bonds is 5. The Balaban J connectivity index is 3.35. The van der Waals surface area contributed by atoms with Gasteiger partial charge in [0, 0.05) is 5.57 Å². The topological polar surface area (TPSA) is 90.7 Å². The lowest BCUT2D eigenvalue weighted by atomic mass is 10.1. The molecule has 6 heteroatoms. The first kappa shape index (κ1) is 17.2. The van der Waals surface area contributed by atoms with Crippen LogP contribution in [0.25, 0.3) is 5.70 Å². The minimum absolute atomic E-state index is 0.121. The van der Waals surface area contributed by atoms with Crippen LogP contribution in [0.4, 0.5) is 4.39 Å². The fourth-order valence-corrected chi connectivity index (χ4v) is 1.69. The third-order valence-corrected chi connectivity index (χ3v) is 2.89. The van der Waals surface area contributed by atoms with E-state index in [2.05, 4.69) is 22.9 Å². The second-order valence-corrected chi connectivity index (χ2v) is 4.44. The molecule has 1 rings (SSSR count). The minimum atomic E-state index is -0.733. The van der Waals surface area contributed by atoms with E-state index in [0.29, 0.717) is 11.1 Å². The van der Waals surface area contributed by atoms with E-state index in [1.54, 1.807) is 13.0 Å². The van der Waals surface area contributed by atoms with E-state index in [0.717, 1.165) is 0 Å². The molecule has 0 unspecified atom stereocenters. The summed E-state index contributed by atoms with van der Waals surface area (Å²) in [7, 11) is 1.20. The van der Waals surface area contributed by atoms with Crippen molar-refractivity contribution in [1.82, 2.24) is 0 Å². The summed E-state index contributed by atoms with van der Waals surface area (Å²) in [5.74, 6) is -1.20. The molecule has 0 amide bonds. The van der Waals surface area contributed by atoms with Crippen LogP contribution < -0.4 is 11.5 Å². The molecule has 116 valence electrons. The van der Waals surface area contributed by atoms with Gasteiger partial charge in [0.1, 0.15) is 11.6 Å². The Labute approximate surface area is 128 Å². The monoisotopic (exact) mass is 303 g/mol. The van der Waals surface area contributed by atoms with Crippen molar-refractivity contribution >= 4 is 17.4 Å². The maximum atomic E-state index is 13.3. The van der Waals surface area contributed by atoms with Crippen LogP contribution >= 0.6 is 0 Å². The summed E-state index contributed by atoms with van der Waals surface area (Å²) in [6.07, 6.45) is 1.30. The number of allylic oxidation sites excluding steroid dienone is 1. The molecule has 0 aliphatic rings. The molecular formula is C16H18FN3O2. The molecule has 0 bridgehead atoms. The van der Waals surface area contributed by atoms with Crippen LogP contribution in [0.5, 0.6) is 0 Å². The predicted octanol–water partition coefficient (Wildman–Crippen LogP) is 2.03. The first-order chi connectivity index (χ1) is 10.3. The van der Waals surface area contributed by atoms with Gasteiger partial charge in [-0.2, -0.15) is 0 Å². The maximum absolute atomic E-state index is 13.3. The zero-order chi connectivity index (χ0) is 16.9. The van der Waals surface area contributed by atoms with Gasteiger partial charge in [0.05, 0.1) is 12.8 Å². The molecule has 0 atom stereocenters. The Morgan fingerprint density at radius 1 is 1.41 bits per heavy atom. The standard InChI is InChI=1S/C16H18FN3O2/c1-5-12(15(18)19)14(16(21)22-4)20-10(3)11-6-7-13(17)9(2)8-11/h5-8H,1,3,18-19H2,2,4H3/b20-14+. The van der Waals surface area contributed by atoms with E-state index in [9.17, 15) is 9.18 Å². The number of ether oxygens (including phenoxy) is 1. The summed E-state index contributed by atoms with van der Waals surface area (Å²) in [5, 5.41) is 0. The second kappa shape index (κ2) is 7.21. The van der Waals surface area contributed by atoms with E-state index in [4.69, 9.17) is 11.5 Å². The molecule has 0 heterocycles. The summed E-state index contributed by atoms with van der Waals surface area (Å²) >= 11 is 0. The number of hydrogen-bond donors (Lipinski definition) is 2. The van der Waals surface area contributed by atoms with Gasteiger partial charge in [0.2, 0.25) is 0 Å². The Morgan fingerprint density at radius 3 is 2.50 bits per heavy atom. The van der Waals surface area contributed by atoms with Crippen molar-refractivity contribution in [2.24, 2.45) is 16.5 Å². The molecule has 0 fully saturated rings. The third kappa shape index (κ3) is 3.82. The Bertz CT molecular complexity index is 687. The number of esters is 1. The number of methoxy groups -OCH3 is 1. The zero-order valence-electron chi connectivity index (χ0n) is 12.5. The molecule has 4 N–H and O–H groups in total. The number of carbonyl (C=O) groups is 1. The average Bonchev–Trinajstić information content (AvgIpc) is 2.48. The summed E-state index contributed by atoms with van der Waals surface area (Å²) in [6, 6.07) is 4.37. The number of hydrogen-bond acceptors (Lipinski definition) is 5. The van der Waals surface area contributed by atoms with Gasteiger partial charge < -0.3 is 16.2 Å². The lowest BCUT2D eigenvalue weighted by molar-refractivity contribution is -0.132. The molecule has 1 aromatic carbocycles. The highest BCUT2D eigenvalue weighted by Crippen LogP contribution is 2.19. The molecule has 22 heavy (non-hydrogen) atoms. The van der Waals surface area contributed by atoms with Gasteiger partial charge in [-0.25, -0.2) is 14.2 Å². The van der Waals surface area contributed by atoms with Crippen LogP contribution in [0.2, 0.25) is 0 Å². The van der Waals surface area contributed by atoms with E-state index in [1.807, 2.05) is 0 Å². The molecule has 0 aliphatic carbocycles. The maximum Gasteiger partial charge on any atom is 0.357 e.